The Kier molecular flexibility index (Phi) is 1.66. The Morgan fingerprint density at radius 1 is 1.40 bits per heavy atom. The maximum Gasteiger partial charge on any atom is 0.0863 e. The molecule has 0 saturated carbocycles. The first-order chi connectivity index (χ1) is 4.90. The third kappa shape index (κ3) is 0.956. The molecule has 2 fully saturated rings. The van der Waals surface area contributed by atoms with Crippen molar-refractivity contribution in [2.45, 2.75) is 37.6 Å². The van der Waals surface area contributed by atoms with Gasteiger partial charge in [-0.3, -0.25) is 0 Å². The topological polar surface area (TPSA) is 18.5 Å². The predicted octanol–water partition coefficient (Wildman–Crippen LogP) is 1.16. The molecule has 0 aliphatic carbocycles. The molecular weight excluding hydrogens is 128 g/mol. The summed E-state index contributed by atoms with van der Waals surface area (Å²) in [6.07, 6.45) is 4.19. The highest BCUT2D eigenvalue weighted by Gasteiger charge is 2.38. The smallest absolute Gasteiger partial charge is 0.0863 e. The summed E-state index contributed by atoms with van der Waals surface area (Å²) in [5.74, 6) is 0. The summed E-state index contributed by atoms with van der Waals surface area (Å²) >= 11 is 0. The molecule has 3 unspecified atom stereocenters. The Labute approximate surface area is 61.5 Å². The Balaban J connectivity index is 1.94. The largest absolute Gasteiger partial charge is 0.375 e. The van der Waals surface area contributed by atoms with E-state index in [1.54, 1.807) is 0 Å². The molecule has 2 aliphatic heterocycles. The van der Waals surface area contributed by atoms with Crippen molar-refractivity contribution in [3.8, 4) is 0 Å². The van der Waals surface area contributed by atoms with Crippen molar-refractivity contribution < 1.29 is 9.47 Å². The number of hydrogen-bond donors (Lipinski definition) is 0. The molecule has 10 heavy (non-hydrogen) atoms. The second-order valence-electron chi connectivity index (χ2n) is 3.02. The molecule has 0 amide bonds. The Morgan fingerprint density at radius 3 is 3.00 bits per heavy atom. The molecule has 1 radical (unpaired) electrons. The van der Waals surface area contributed by atoms with E-state index < -0.39 is 0 Å². The first kappa shape index (κ1) is 6.62. The highest BCUT2D eigenvalue weighted by Crippen LogP contribution is 2.31. The summed E-state index contributed by atoms with van der Waals surface area (Å²) in [5.41, 5.74) is 0. The van der Waals surface area contributed by atoms with Gasteiger partial charge < -0.3 is 9.47 Å². The summed E-state index contributed by atoms with van der Waals surface area (Å²) in [7, 11) is 0. The molecule has 57 valence electrons. The van der Waals surface area contributed by atoms with Gasteiger partial charge in [-0.2, -0.15) is 0 Å². The van der Waals surface area contributed by atoms with Gasteiger partial charge in [-0.05, 0) is 12.8 Å². The molecule has 2 rings (SSSR count). The van der Waals surface area contributed by atoms with Crippen LogP contribution in [0.5, 0.6) is 0 Å². The number of ether oxygens (including phenoxy) is 2. The second kappa shape index (κ2) is 2.51. The van der Waals surface area contributed by atoms with Gasteiger partial charge in [0.05, 0.1) is 18.3 Å². The van der Waals surface area contributed by atoms with E-state index in [-0.39, 0.29) is 0 Å². The third-order valence-electron chi connectivity index (χ3n) is 2.33. The van der Waals surface area contributed by atoms with Gasteiger partial charge in [0.15, 0.2) is 0 Å². The van der Waals surface area contributed by atoms with Crippen LogP contribution in [0.4, 0.5) is 0 Å². The maximum atomic E-state index is 5.65. The zero-order chi connectivity index (χ0) is 6.97. The molecule has 2 nitrogen and oxygen atoms in total. The monoisotopic (exact) mass is 141 g/mol. The van der Waals surface area contributed by atoms with E-state index >= 15 is 0 Å². The molecule has 0 aromatic heterocycles. The zero-order valence-corrected chi connectivity index (χ0v) is 6.08. The van der Waals surface area contributed by atoms with E-state index in [1.807, 2.05) is 0 Å². The first-order valence-electron chi connectivity index (χ1n) is 3.96. The van der Waals surface area contributed by atoms with E-state index in [9.17, 15) is 0 Å². The van der Waals surface area contributed by atoms with Gasteiger partial charge in [-0.15, -0.1) is 0 Å². The van der Waals surface area contributed by atoms with E-state index in [0.29, 0.717) is 18.3 Å². The van der Waals surface area contributed by atoms with Crippen LogP contribution >= 0.6 is 0 Å². The lowest BCUT2D eigenvalue weighted by Gasteiger charge is -2.07. The van der Waals surface area contributed by atoms with Gasteiger partial charge in [0.1, 0.15) is 0 Å². The fraction of sp³-hybridized carbons (Fsp3) is 0.875. The van der Waals surface area contributed by atoms with Crippen LogP contribution in [-0.2, 0) is 9.47 Å². The average Bonchev–Trinajstić information content (AvgIpc) is 2.42. The summed E-state index contributed by atoms with van der Waals surface area (Å²) in [6, 6.07) is 0. The fourth-order valence-electron chi connectivity index (χ4n) is 1.75. The van der Waals surface area contributed by atoms with Crippen molar-refractivity contribution in [2.75, 3.05) is 6.61 Å². The molecule has 0 N–H and O–H groups in total. The Hall–Kier alpha value is -0.0800. The number of rotatable bonds is 1. The van der Waals surface area contributed by atoms with Crippen molar-refractivity contribution in [3.05, 3.63) is 6.92 Å². The third-order valence-corrected chi connectivity index (χ3v) is 2.33. The Morgan fingerprint density at radius 2 is 2.30 bits per heavy atom. The lowest BCUT2D eigenvalue weighted by atomic mass is 10.1. The molecule has 0 spiro atoms. The van der Waals surface area contributed by atoms with E-state index in [4.69, 9.17) is 9.47 Å². The van der Waals surface area contributed by atoms with Crippen LogP contribution in [0.3, 0.4) is 0 Å². The normalized spacial score (nSPS) is 45.9. The lowest BCUT2D eigenvalue weighted by Crippen LogP contribution is -2.13. The Bertz CT molecular complexity index is 112. The van der Waals surface area contributed by atoms with Gasteiger partial charge >= 0.3 is 0 Å². The highest BCUT2D eigenvalue weighted by atomic mass is 16.6. The van der Waals surface area contributed by atoms with Crippen LogP contribution in [-0.4, -0.2) is 24.9 Å². The number of fused-ring (bicyclic) bond motifs is 1. The molecular formula is C8H13O2. The second-order valence-corrected chi connectivity index (χ2v) is 3.02. The van der Waals surface area contributed by atoms with Crippen molar-refractivity contribution in [3.63, 3.8) is 0 Å². The molecule has 2 heterocycles. The van der Waals surface area contributed by atoms with E-state index in [2.05, 4.69) is 6.92 Å². The van der Waals surface area contributed by atoms with Gasteiger partial charge in [-0.1, -0.05) is 6.92 Å². The lowest BCUT2D eigenvalue weighted by molar-refractivity contribution is 0.0400. The molecule has 0 aromatic carbocycles. The molecule has 3 atom stereocenters. The minimum absolute atomic E-state index is 0.371. The van der Waals surface area contributed by atoms with Crippen LogP contribution < -0.4 is 0 Å². The minimum Gasteiger partial charge on any atom is -0.375 e. The first-order valence-corrected chi connectivity index (χ1v) is 3.96. The molecule has 0 aromatic rings. The molecule has 2 heteroatoms. The average molecular weight is 141 g/mol. The van der Waals surface area contributed by atoms with Gasteiger partial charge in [0.2, 0.25) is 0 Å². The van der Waals surface area contributed by atoms with Crippen LogP contribution in [0.1, 0.15) is 19.3 Å². The van der Waals surface area contributed by atoms with Gasteiger partial charge in [-0.25, -0.2) is 0 Å². The van der Waals surface area contributed by atoms with E-state index in [0.717, 1.165) is 25.9 Å². The van der Waals surface area contributed by atoms with Crippen LogP contribution in [0.2, 0.25) is 0 Å². The number of hydrogen-bond acceptors (Lipinski definition) is 2. The summed E-state index contributed by atoms with van der Waals surface area (Å²) in [5, 5.41) is 0. The van der Waals surface area contributed by atoms with Crippen LogP contribution in [0, 0.1) is 6.92 Å². The van der Waals surface area contributed by atoms with Gasteiger partial charge in [0, 0.05) is 13.0 Å². The summed E-state index contributed by atoms with van der Waals surface area (Å²) < 4.78 is 11.1. The minimum atomic E-state index is 0.371. The molecule has 2 saturated heterocycles. The van der Waals surface area contributed by atoms with Crippen molar-refractivity contribution >= 4 is 0 Å². The van der Waals surface area contributed by atoms with Crippen LogP contribution in [0.25, 0.3) is 0 Å². The standard InChI is InChI=1S/C8H13O2/c1-2-6-5-8-7(10-6)3-4-9-8/h6-8H,1-5H2. The SMILES string of the molecule is [CH2]CC1CC2OCCC2O1. The van der Waals surface area contributed by atoms with Crippen LogP contribution in [0.15, 0.2) is 0 Å². The van der Waals surface area contributed by atoms with Crippen molar-refractivity contribution in [1.29, 1.82) is 0 Å². The summed E-state index contributed by atoms with van der Waals surface area (Å²) in [4.78, 5) is 0. The highest BCUT2D eigenvalue weighted by molar-refractivity contribution is 4.87. The zero-order valence-electron chi connectivity index (χ0n) is 6.08. The molecule has 0 bridgehead atoms. The predicted molar refractivity (Wildman–Crippen MR) is 37.6 cm³/mol. The van der Waals surface area contributed by atoms with Gasteiger partial charge in [0.25, 0.3) is 0 Å². The molecule has 2 aliphatic rings. The van der Waals surface area contributed by atoms with Crippen molar-refractivity contribution in [1.82, 2.24) is 0 Å². The summed E-state index contributed by atoms with van der Waals surface area (Å²) in [6.45, 7) is 4.70. The fourth-order valence-corrected chi connectivity index (χ4v) is 1.75. The quantitative estimate of drug-likeness (QED) is 0.545. The maximum absolute atomic E-state index is 5.65. The van der Waals surface area contributed by atoms with Crippen molar-refractivity contribution in [2.24, 2.45) is 0 Å². The van der Waals surface area contributed by atoms with E-state index in [1.165, 1.54) is 0 Å².